The molecule has 0 aromatic carbocycles. The zero-order chi connectivity index (χ0) is 15.1. The van der Waals surface area contributed by atoms with Crippen LogP contribution in [0.1, 0.15) is 19.8 Å². The predicted octanol–water partition coefficient (Wildman–Crippen LogP) is 0.778. The molecule has 23 heavy (non-hydrogen) atoms. The van der Waals surface area contributed by atoms with E-state index >= 15 is 0 Å². The van der Waals surface area contributed by atoms with Gasteiger partial charge >= 0.3 is 0 Å². The van der Waals surface area contributed by atoms with Crippen molar-refractivity contribution in [2.75, 3.05) is 59.6 Å². The molecule has 0 aromatic heterocycles. The number of halogens is 2. The van der Waals surface area contributed by atoms with Crippen molar-refractivity contribution in [2.45, 2.75) is 31.9 Å². The summed E-state index contributed by atoms with van der Waals surface area (Å²) in [4.78, 5) is 16.6. The molecule has 0 spiro atoms. The Labute approximate surface area is 152 Å². The summed E-state index contributed by atoms with van der Waals surface area (Å²) >= 11 is 0. The van der Waals surface area contributed by atoms with Crippen molar-refractivity contribution in [1.29, 1.82) is 0 Å². The summed E-state index contributed by atoms with van der Waals surface area (Å²) in [5.41, 5.74) is 0. The fourth-order valence-corrected chi connectivity index (χ4v) is 3.14. The van der Waals surface area contributed by atoms with Crippen molar-refractivity contribution in [3.05, 3.63) is 0 Å². The van der Waals surface area contributed by atoms with E-state index in [1.807, 2.05) is 4.90 Å². The van der Waals surface area contributed by atoms with Crippen molar-refractivity contribution in [3.63, 3.8) is 0 Å². The molecule has 6 nitrogen and oxygen atoms in total. The highest BCUT2D eigenvalue weighted by atomic mass is 35.5. The van der Waals surface area contributed by atoms with Gasteiger partial charge in [0, 0.05) is 45.9 Å². The molecule has 2 rings (SSSR count). The lowest BCUT2D eigenvalue weighted by atomic mass is 10.0. The summed E-state index contributed by atoms with van der Waals surface area (Å²) in [5.74, 6) is 0.208. The van der Waals surface area contributed by atoms with Crippen molar-refractivity contribution >= 4 is 30.7 Å². The topological polar surface area (TPSA) is 54.0 Å². The summed E-state index contributed by atoms with van der Waals surface area (Å²) < 4.78 is 10.6. The second-order valence-corrected chi connectivity index (χ2v) is 5.96. The maximum atomic E-state index is 12.1. The molecule has 8 heteroatoms. The number of nitrogens with zero attached hydrogens (tertiary/aromatic N) is 2. The lowest BCUT2D eigenvalue weighted by Crippen LogP contribution is -2.52. The first-order chi connectivity index (χ1) is 10.2. The summed E-state index contributed by atoms with van der Waals surface area (Å²) in [6, 6.07) is 0.613. The highest BCUT2D eigenvalue weighted by molar-refractivity contribution is 5.85. The van der Waals surface area contributed by atoms with Gasteiger partial charge in [-0.2, -0.15) is 0 Å². The molecule has 1 unspecified atom stereocenters. The van der Waals surface area contributed by atoms with E-state index in [9.17, 15) is 4.79 Å². The van der Waals surface area contributed by atoms with Gasteiger partial charge in [0.1, 0.15) is 0 Å². The largest absolute Gasteiger partial charge is 0.383 e. The van der Waals surface area contributed by atoms with Crippen LogP contribution in [0, 0.1) is 0 Å². The maximum Gasteiger partial charge on any atom is 0.236 e. The fourth-order valence-electron chi connectivity index (χ4n) is 3.14. The lowest BCUT2D eigenvalue weighted by molar-refractivity contribution is -0.132. The van der Waals surface area contributed by atoms with Gasteiger partial charge in [-0.25, -0.2) is 0 Å². The first-order valence-electron chi connectivity index (χ1n) is 8.03. The maximum absolute atomic E-state index is 12.1. The van der Waals surface area contributed by atoms with Crippen LogP contribution in [0.2, 0.25) is 0 Å². The molecule has 0 bridgehead atoms. The molecule has 0 aliphatic carbocycles. The normalized spacial score (nSPS) is 23.0. The molecule has 1 N–H and O–H groups in total. The number of nitrogens with one attached hydrogen (secondary N) is 1. The predicted molar refractivity (Wildman–Crippen MR) is 95.8 cm³/mol. The van der Waals surface area contributed by atoms with Gasteiger partial charge in [0.2, 0.25) is 5.91 Å². The molecule has 2 fully saturated rings. The highest BCUT2D eigenvalue weighted by Crippen LogP contribution is 2.19. The Bertz CT molecular complexity index is 329. The van der Waals surface area contributed by atoms with Gasteiger partial charge in [0.25, 0.3) is 0 Å². The van der Waals surface area contributed by atoms with Gasteiger partial charge in [-0.1, -0.05) is 0 Å². The number of ether oxygens (including phenoxy) is 2. The van der Waals surface area contributed by atoms with Gasteiger partial charge < -0.3 is 19.7 Å². The van der Waals surface area contributed by atoms with Crippen molar-refractivity contribution in [2.24, 2.45) is 0 Å². The van der Waals surface area contributed by atoms with Crippen LogP contribution in [-0.4, -0.2) is 87.4 Å². The molecule has 138 valence electrons. The van der Waals surface area contributed by atoms with E-state index in [0.717, 1.165) is 52.2 Å². The number of piperidine rings is 1. The number of morpholine rings is 1. The highest BCUT2D eigenvalue weighted by Gasteiger charge is 2.29. The smallest absolute Gasteiger partial charge is 0.236 e. The number of hydrogen-bond acceptors (Lipinski definition) is 5. The van der Waals surface area contributed by atoms with E-state index < -0.39 is 0 Å². The first-order valence-corrected chi connectivity index (χ1v) is 8.03. The van der Waals surface area contributed by atoms with Gasteiger partial charge in [-0.3, -0.25) is 9.69 Å². The summed E-state index contributed by atoms with van der Waals surface area (Å²) in [7, 11) is 1.67. The fraction of sp³-hybridized carbons (Fsp3) is 0.933. The zero-order valence-corrected chi connectivity index (χ0v) is 15.8. The van der Waals surface area contributed by atoms with Gasteiger partial charge in [0.15, 0.2) is 0 Å². The number of carbonyl (C=O) groups excluding carboxylic acids is 1. The number of methoxy groups -OCH3 is 1. The van der Waals surface area contributed by atoms with E-state index in [1.165, 1.54) is 0 Å². The molecular weight excluding hydrogens is 341 g/mol. The third-order valence-electron chi connectivity index (χ3n) is 4.37. The first kappa shape index (κ1) is 22.9. The number of hydrogen-bond donors (Lipinski definition) is 1. The minimum atomic E-state index is 0. The summed E-state index contributed by atoms with van der Waals surface area (Å²) in [5, 5.41) is 3.12. The van der Waals surface area contributed by atoms with Gasteiger partial charge in [0.05, 0.1) is 25.9 Å². The summed E-state index contributed by atoms with van der Waals surface area (Å²) in [6.07, 6.45) is 2.50. The minimum absolute atomic E-state index is 0. The molecule has 0 aromatic rings. The molecule has 2 saturated heterocycles. The minimum Gasteiger partial charge on any atom is -0.383 e. The van der Waals surface area contributed by atoms with Crippen LogP contribution >= 0.6 is 24.8 Å². The number of rotatable bonds is 6. The van der Waals surface area contributed by atoms with Gasteiger partial charge in [-0.15, -0.1) is 24.8 Å². The second-order valence-electron chi connectivity index (χ2n) is 5.96. The van der Waals surface area contributed by atoms with E-state index in [0.29, 0.717) is 25.3 Å². The molecule has 2 aliphatic heterocycles. The molecule has 2 heterocycles. The molecule has 0 saturated carbocycles. The Kier molecular flexibility index (Phi) is 12.2. The van der Waals surface area contributed by atoms with E-state index in [-0.39, 0.29) is 30.7 Å². The Morgan fingerprint density at radius 2 is 1.96 bits per heavy atom. The van der Waals surface area contributed by atoms with E-state index in [1.54, 1.807) is 7.11 Å². The third-order valence-corrected chi connectivity index (χ3v) is 4.37. The Morgan fingerprint density at radius 3 is 2.57 bits per heavy atom. The van der Waals surface area contributed by atoms with E-state index in [4.69, 9.17) is 9.47 Å². The average molecular weight is 372 g/mol. The van der Waals surface area contributed by atoms with Crippen molar-refractivity contribution in [3.8, 4) is 0 Å². The summed E-state index contributed by atoms with van der Waals surface area (Å²) in [6.45, 7) is 8.57. The second kappa shape index (κ2) is 12.3. The SMILES string of the molecule is COCCNCC(=O)N1CCC(N2CCOC(C)C2)CC1.Cl.Cl. The van der Waals surface area contributed by atoms with Gasteiger partial charge in [-0.05, 0) is 19.8 Å². The molecular formula is C15H31Cl2N3O3. The standard InChI is InChI=1S/C15H29N3O3.2ClH/c1-13-12-18(8-10-21-13)14-3-6-17(7-4-14)15(19)11-16-5-9-20-2;;/h13-14,16H,3-12H2,1-2H3;2*1H. The van der Waals surface area contributed by atoms with Crippen LogP contribution in [-0.2, 0) is 14.3 Å². The van der Waals surface area contributed by atoms with Crippen LogP contribution in [0.25, 0.3) is 0 Å². The van der Waals surface area contributed by atoms with Crippen LogP contribution < -0.4 is 5.32 Å². The monoisotopic (exact) mass is 371 g/mol. The molecule has 2 aliphatic rings. The number of amides is 1. The lowest BCUT2D eigenvalue weighted by Gasteiger charge is -2.41. The average Bonchev–Trinajstić information content (AvgIpc) is 2.51. The van der Waals surface area contributed by atoms with Crippen molar-refractivity contribution < 1.29 is 14.3 Å². The Morgan fingerprint density at radius 1 is 1.26 bits per heavy atom. The van der Waals surface area contributed by atoms with Crippen LogP contribution in [0.5, 0.6) is 0 Å². The molecule has 0 radical (unpaired) electrons. The Balaban J connectivity index is 0.00000242. The van der Waals surface area contributed by atoms with Crippen LogP contribution in [0.15, 0.2) is 0 Å². The molecule has 1 atom stereocenters. The third kappa shape index (κ3) is 7.54. The number of carbonyl (C=O) groups is 1. The molecule has 1 amide bonds. The van der Waals surface area contributed by atoms with Crippen LogP contribution in [0.4, 0.5) is 0 Å². The Hall–Kier alpha value is -0.110. The quantitative estimate of drug-likeness (QED) is 0.699. The zero-order valence-electron chi connectivity index (χ0n) is 14.2. The van der Waals surface area contributed by atoms with Crippen LogP contribution in [0.3, 0.4) is 0 Å². The van der Waals surface area contributed by atoms with E-state index in [2.05, 4.69) is 17.1 Å². The van der Waals surface area contributed by atoms with Crippen molar-refractivity contribution in [1.82, 2.24) is 15.1 Å². The number of likely N-dealkylation sites (tertiary alicyclic amines) is 1.